The van der Waals surface area contributed by atoms with E-state index in [9.17, 15) is 0 Å². The van der Waals surface area contributed by atoms with E-state index in [2.05, 4.69) is 0 Å². The summed E-state index contributed by atoms with van der Waals surface area (Å²) in [7, 11) is 0. The summed E-state index contributed by atoms with van der Waals surface area (Å²) in [6.07, 6.45) is 0. The van der Waals surface area contributed by atoms with Crippen LogP contribution in [0, 0.1) is 0 Å². The van der Waals surface area contributed by atoms with Crippen molar-refractivity contribution in [3.05, 3.63) is 0 Å². The predicted octanol–water partition coefficient (Wildman–Crippen LogP) is -26.7. The Balaban J connectivity index is 0. The standard InChI is InChI=1S/12ClH.11K.11H/h12*1H;;;;;;;;;;;;;;;;;;;;;;/q;;;;;;;;;;;;11*+1;11*-1. The maximum absolute atomic E-state index is 0. The summed E-state index contributed by atoms with van der Waals surface area (Å²) in [5.74, 6) is 0. The topological polar surface area (TPSA) is 0 Å². The molecule has 0 fully saturated rings. The van der Waals surface area contributed by atoms with Gasteiger partial charge in [-0.1, -0.05) is 0 Å². The average Bonchev–Trinajstić information content (AvgIpc) is 0. The molecule has 118 valence electrons. The Kier molecular flexibility index (Phi) is 1350. The predicted molar refractivity (Wildman–Crippen MR) is 99.2 cm³/mol. The van der Waals surface area contributed by atoms with Gasteiger partial charge in [-0.25, -0.2) is 0 Å². The van der Waals surface area contributed by atoms with E-state index in [1.807, 2.05) is 0 Å². The van der Waals surface area contributed by atoms with Gasteiger partial charge in [-0.3, -0.25) is 0 Å². The van der Waals surface area contributed by atoms with E-state index in [1.54, 1.807) is 0 Å². The summed E-state index contributed by atoms with van der Waals surface area (Å²) < 4.78 is 0. The molecule has 0 aliphatic carbocycles. The summed E-state index contributed by atoms with van der Waals surface area (Å²) in [6.45, 7) is 0. The van der Waals surface area contributed by atoms with Crippen molar-refractivity contribution in [2.45, 2.75) is 0 Å². The van der Waals surface area contributed by atoms with Gasteiger partial charge in [0.15, 0.2) is 0 Å². The molecule has 0 aliphatic heterocycles. The van der Waals surface area contributed by atoms with Crippen LogP contribution in [0.3, 0.4) is 0 Å². The Bertz CT molecular complexity index is 53.8. The first kappa shape index (κ1) is 182. The quantitative estimate of drug-likeness (QED) is 0.213. The second kappa shape index (κ2) is 170. The third-order valence-electron chi connectivity index (χ3n) is 0. The van der Waals surface area contributed by atoms with Crippen LogP contribution in [0.15, 0.2) is 0 Å². The molecule has 0 aromatic carbocycles. The van der Waals surface area contributed by atoms with Gasteiger partial charge in [0, 0.05) is 0 Å². The van der Waals surface area contributed by atoms with Gasteiger partial charge in [0.05, 0.1) is 0 Å². The maximum atomic E-state index is 0. The van der Waals surface area contributed by atoms with Crippen molar-refractivity contribution < 1.29 is 581 Å². The molecule has 0 aromatic rings. The Labute approximate surface area is 702 Å². The van der Waals surface area contributed by atoms with Gasteiger partial charge in [-0.15, -0.1) is 149 Å². The van der Waals surface area contributed by atoms with Crippen molar-refractivity contribution in [2.75, 3.05) is 0 Å². The minimum Gasteiger partial charge on any atom is -1.00 e. The minimum absolute atomic E-state index is 0. The number of rotatable bonds is 0. The molecule has 0 nitrogen and oxygen atoms in total. The van der Waals surface area contributed by atoms with E-state index in [1.165, 1.54) is 0 Å². The average molecular weight is 879 g/mol. The van der Waals surface area contributed by atoms with Gasteiger partial charge in [0.2, 0.25) is 0 Å². The van der Waals surface area contributed by atoms with Crippen molar-refractivity contribution in [3.8, 4) is 0 Å². The third kappa shape index (κ3) is 162. The SMILES string of the molecule is Cl.Cl.Cl.Cl.Cl.Cl.Cl.Cl.Cl.Cl.Cl.Cl.[H-].[H-].[H-].[H-].[H-].[H-].[H-].[H-].[H-].[H-].[H-].[K+].[K+].[K+].[K+].[K+].[K+].[K+].[K+].[K+].[K+].[K+]. The first-order valence-corrected chi connectivity index (χ1v) is 0. The fraction of sp³-hybridized carbons (Fsp3) is 0. The second-order valence-electron chi connectivity index (χ2n) is 0. The molecular weight excluding hydrogens is 856 g/mol. The first-order valence-electron chi connectivity index (χ1n) is 0. The monoisotopic (exact) mass is 871 g/mol. The summed E-state index contributed by atoms with van der Waals surface area (Å²) in [5.41, 5.74) is 0. The summed E-state index contributed by atoms with van der Waals surface area (Å²) in [4.78, 5) is 0. The van der Waals surface area contributed by atoms with Gasteiger partial charge in [-0.2, -0.15) is 0 Å². The molecule has 0 atom stereocenters. The van der Waals surface area contributed by atoms with Crippen LogP contribution in [0.4, 0.5) is 0 Å². The summed E-state index contributed by atoms with van der Waals surface area (Å²) in [6, 6.07) is 0. The number of hydrogen-bond acceptors (Lipinski definition) is 0. The van der Waals surface area contributed by atoms with E-state index < -0.39 is 0 Å². The molecular formula is H23Cl12K11. The van der Waals surface area contributed by atoms with E-state index in [4.69, 9.17) is 0 Å². The first-order chi connectivity index (χ1) is 0. The van der Waals surface area contributed by atoms with Crippen LogP contribution in [0.2, 0.25) is 0 Å². The molecule has 0 saturated carbocycles. The van der Waals surface area contributed by atoms with E-state index in [0.717, 1.165) is 0 Å². The fourth-order valence-corrected chi connectivity index (χ4v) is 0. The molecule has 0 heterocycles. The zero-order valence-corrected chi connectivity index (χ0v) is 60.1. The zero-order valence-electron chi connectivity index (χ0n) is 26.9. The largest absolute Gasteiger partial charge is 1.00 e. The molecule has 0 spiro atoms. The van der Waals surface area contributed by atoms with Crippen LogP contribution in [-0.4, -0.2) is 0 Å². The molecule has 0 aliphatic rings. The third-order valence-corrected chi connectivity index (χ3v) is 0. The Morgan fingerprint density at radius 2 is 0.130 bits per heavy atom. The van der Waals surface area contributed by atoms with Gasteiger partial charge < -0.3 is 15.7 Å². The molecule has 0 saturated heterocycles. The van der Waals surface area contributed by atoms with Crippen LogP contribution in [0.1, 0.15) is 15.7 Å². The van der Waals surface area contributed by atoms with Crippen molar-refractivity contribution >= 4 is 149 Å². The summed E-state index contributed by atoms with van der Waals surface area (Å²) in [5, 5.41) is 0. The Morgan fingerprint density at radius 1 is 0.130 bits per heavy atom. The molecule has 0 unspecified atom stereocenters. The molecule has 23 heteroatoms. The van der Waals surface area contributed by atoms with Crippen LogP contribution in [0.25, 0.3) is 0 Å². The number of halogens is 12. The summed E-state index contributed by atoms with van der Waals surface area (Å²) >= 11 is 0. The van der Waals surface area contributed by atoms with Crippen molar-refractivity contribution in [2.24, 2.45) is 0 Å². The molecule has 0 radical (unpaired) electrons. The minimum atomic E-state index is 0. The van der Waals surface area contributed by atoms with Crippen molar-refractivity contribution in [1.29, 1.82) is 0 Å². The molecule has 0 bridgehead atoms. The van der Waals surface area contributed by atoms with Crippen molar-refractivity contribution in [1.82, 2.24) is 0 Å². The van der Waals surface area contributed by atoms with Gasteiger partial charge in [-0.05, 0) is 0 Å². The molecule has 0 N–H and O–H groups in total. The van der Waals surface area contributed by atoms with Gasteiger partial charge in [0.1, 0.15) is 0 Å². The van der Waals surface area contributed by atoms with E-state index in [0.29, 0.717) is 0 Å². The second-order valence-corrected chi connectivity index (χ2v) is 0. The molecule has 23 heavy (non-hydrogen) atoms. The molecule has 0 amide bonds. The molecule has 0 aromatic heterocycles. The van der Waals surface area contributed by atoms with Gasteiger partial charge in [0.25, 0.3) is 0 Å². The normalized spacial score (nSPS) is 0. The van der Waals surface area contributed by atoms with Crippen LogP contribution in [0.5, 0.6) is 0 Å². The van der Waals surface area contributed by atoms with Crippen LogP contribution in [-0.2, 0) is 0 Å². The van der Waals surface area contributed by atoms with Crippen LogP contribution < -0.4 is 565 Å². The Hall–Kier alpha value is 21.5. The zero-order chi connectivity index (χ0) is 0. The fourth-order valence-electron chi connectivity index (χ4n) is 0. The van der Waals surface area contributed by atoms with Crippen molar-refractivity contribution in [3.63, 3.8) is 0 Å². The van der Waals surface area contributed by atoms with E-state index in [-0.39, 0.29) is 730 Å². The van der Waals surface area contributed by atoms with Gasteiger partial charge >= 0.3 is 565 Å². The number of hydrogen-bond donors (Lipinski definition) is 0. The van der Waals surface area contributed by atoms with E-state index >= 15 is 0 Å². The smallest absolute Gasteiger partial charge is 1.00 e. The van der Waals surface area contributed by atoms with Crippen LogP contribution >= 0.6 is 149 Å². The maximum Gasteiger partial charge on any atom is 1.00 e. The molecule has 0 rings (SSSR count). The Morgan fingerprint density at radius 3 is 0.130 bits per heavy atom.